The standard InChI is InChI=1S/C23H32FN5O3/c1-13(2)29(14(3)4)23(31)17-8-15(24)6-7-20(17)32-21-11-26-12-27-22(21)28(5)18-9-16(25)10-19(18)30/h6-8,11-14,16,18-19,30H,9-10,25H2,1-5H3/t16-,18+,19-/m1/s1. The van der Waals surface area contributed by atoms with Crippen LogP contribution in [-0.2, 0) is 0 Å². The topological polar surface area (TPSA) is 105 Å². The number of nitrogens with zero attached hydrogens (tertiary/aromatic N) is 4. The maximum Gasteiger partial charge on any atom is 0.258 e. The van der Waals surface area contributed by atoms with Crippen molar-refractivity contribution in [3.05, 3.63) is 42.1 Å². The normalized spacial score (nSPS) is 20.6. The zero-order valence-electron chi connectivity index (χ0n) is 19.2. The SMILES string of the molecule is CC(C)N(C(=O)c1cc(F)ccc1Oc1cncnc1N(C)[C@H]1C[C@@H](N)C[C@H]1O)C(C)C. The zero-order chi connectivity index (χ0) is 23.6. The molecule has 1 aliphatic rings. The van der Waals surface area contributed by atoms with Crippen LogP contribution in [0.4, 0.5) is 10.2 Å². The first-order valence-electron chi connectivity index (χ1n) is 10.9. The predicted octanol–water partition coefficient (Wildman–Crippen LogP) is 2.95. The molecule has 1 aliphatic carbocycles. The number of nitrogens with two attached hydrogens (primary N) is 1. The molecule has 9 heteroatoms. The summed E-state index contributed by atoms with van der Waals surface area (Å²) in [5, 5.41) is 10.4. The molecular formula is C23H32FN5O3. The fraction of sp³-hybridized carbons (Fsp3) is 0.522. The second kappa shape index (κ2) is 9.79. The number of likely N-dealkylation sites (N-methyl/N-ethyl adjacent to an activating group) is 1. The molecule has 1 saturated carbocycles. The molecule has 3 N–H and O–H groups in total. The van der Waals surface area contributed by atoms with E-state index in [1.165, 1.54) is 30.7 Å². The van der Waals surface area contributed by atoms with E-state index in [1.807, 2.05) is 32.6 Å². The molecular weight excluding hydrogens is 413 g/mol. The number of aliphatic hydroxyl groups is 1. The summed E-state index contributed by atoms with van der Waals surface area (Å²) >= 11 is 0. The Morgan fingerprint density at radius 2 is 1.91 bits per heavy atom. The number of rotatable bonds is 7. The van der Waals surface area contributed by atoms with Gasteiger partial charge in [0.2, 0.25) is 0 Å². The summed E-state index contributed by atoms with van der Waals surface area (Å²) in [5.74, 6) is 0.0940. The highest BCUT2D eigenvalue weighted by molar-refractivity contribution is 5.97. The molecule has 0 radical (unpaired) electrons. The summed E-state index contributed by atoms with van der Waals surface area (Å²) in [7, 11) is 1.80. The lowest BCUT2D eigenvalue weighted by molar-refractivity contribution is 0.0640. The van der Waals surface area contributed by atoms with Crippen molar-refractivity contribution in [3.63, 3.8) is 0 Å². The van der Waals surface area contributed by atoms with E-state index in [4.69, 9.17) is 10.5 Å². The highest BCUT2D eigenvalue weighted by atomic mass is 19.1. The first kappa shape index (κ1) is 23.9. The first-order valence-corrected chi connectivity index (χ1v) is 10.9. The third kappa shape index (κ3) is 4.99. The van der Waals surface area contributed by atoms with Gasteiger partial charge in [-0.3, -0.25) is 4.79 Å². The van der Waals surface area contributed by atoms with E-state index in [1.54, 1.807) is 11.9 Å². The van der Waals surface area contributed by atoms with Crippen LogP contribution in [-0.4, -0.2) is 63.2 Å². The Bertz CT molecular complexity index is 947. The molecule has 1 fully saturated rings. The largest absolute Gasteiger partial charge is 0.451 e. The number of hydrogen-bond acceptors (Lipinski definition) is 7. The molecule has 0 saturated heterocycles. The molecule has 1 aromatic heterocycles. The molecule has 0 aliphatic heterocycles. The van der Waals surface area contributed by atoms with Gasteiger partial charge in [-0.05, 0) is 58.7 Å². The average molecular weight is 446 g/mol. The number of hydrogen-bond donors (Lipinski definition) is 2. The van der Waals surface area contributed by atoms with E-state index < -0.39 is 11.9 Å². The number of amides is 1. The molecule has 2 aromatic rings. The number of aliphatic hydroxyl groups excluding tert-OH is 1. The Balaban J connectivity index is 1.96. The van der Waals surface area contributed by atoms with Gasteiger partial charge in [0, 0.05) is 25.2 Å². The van der Waals surface area contributed by atoms with Crippen molar-refractivity contribution >= 4 is 11.7 Å². The van der Waals surface area contributed by atoms with Crippen molar-refractivity contribution in [3.8, 4) is 11.5 Å². The minimum Gasteiger partial charge on any atom is -0.451 e. The molecule has 0 bridgehead atoms. The smallest absolute Gasteiger partial charge is 0.258 e. The first-order chi connectivity index (χ1) is 15.1. The van der Waals surface area contributed by atoms with Crippen molar-refractivity contribution < 1.29 is 19.0 Å². The number of anilines is 1. The fourth-order valence-electron chi connectivity index (χ4n) is 4.33. The van der Waals surface area contributed by atoms with Gasteiger partial charge in [-0.25, -0.2) is 14.4 Å². The van der Waals surface area contributed by atoms with E-state index in [0.717, 1.165) is 0 Å². The lowest BCUT2D eigenvalue weighted by atomic mass is 10.1. The minimum absolute atomic E-state index is 0.0755. The van der Waals surface area contributed by atoms with Crippen LogP contribution < -0.4 is 15.4 Å². The van der Waals surface area contributed by atoms with Crippen LogP contribution >= 0.6 is 0 Å². The zero-order valence-corrected chi connectivity index (χ0v) is 19.2. The number of halogens is 1. The fourth-order valence-corrected chi connectivity index (χ4v) is 4.33. The van der Waals surface area contributed by atoms with Gasteiger partial charge in [0.15, 0.2) is 11.6 Å². The summed E-state index contributed by atoms with van der Waals surface area (Å²) in [6.07, 6.45) is 3.40. The van der Waals surface area contributed by atoms with Crippen LogP contribution in [0.25, 0.3) is 0 Å². The van der Waals surface area contributed by atoms with Gasteiger partial charge in [0.1, 0.15) is 17.9 Å². The molecule has 3 atom stereocenters. The molecule has 32 heavy (non-hydrogen) atoms. The highest BCUT2D eigenvalue weighted by Gasteiger charge is 2.35. The monoisotopic (exact) mass is 445 g/mol. The molecule has 0 unspecified atom stereocenters. The maximum absolute atomic E-state index is 14.1. The summed E-state index contributed by atoms with van der Waals surface area (Å²) in [5.41, 5.74) is 6.13. The molecule has 174 valence electrons. The van der Waals surface area contributed by atoms with Gasteiger partial charge in [-0.2, -0.15) is 0 Å². The van der Waals surface area contributed by atoms with Crippen molar-refractivity contribution in [2.24, 2.45) is 5.73 Å². The Morgan fingerprint density at radius 1 is 1.22 bits per heavy atom. The number of carbonyl (C=O) groups is 1. The summed E-state index contributed by atoms with van der Waals surface area (Å²) in [6, 6.07) is 3.38. The van der Waals surface area contributed by atoms with E-state index in [2.05, 4.69) is 9.97 Å². The predicted molar refractivity (Wildman–Crippen MR) is 120 cm³/mol. The van der Waals surface area contributed by atoms with Gasteiger partial charge in [0.05, 0.1) is 23.9 Å². The van der Waals surface area contributed by atoms with Crippen LogP contribution in [0.5, 0.6) is 11.5 Å². The van der Waals surface area contributed by atoms with E-state index in [0.29, 0.717) is 24.4 Å². The van der Waals surface area contributed by atoms with Crippen molar-refractivity contribution in [1.29, 1.82) is 0 Å². The van der Waals surface area contributed by atoms with Crippen molar-refractivity contribution in [1.82, 2.24) is 14.9 Å². The Kier molecular flexibility index (Phi) is 7.30. The van der Waals surface area contributed by atoms with Gasteiger partial charge in [-0.15, -0.1) is 0 Å². The molecule has 0 spiro atoms. The van der Waals surface area contributed by atoms with Gasteiger partial charge in [-0.1, -0.05) is 0 Å². The van der Waals surface area contributed by atoms with Crippen LogP contribution in [0, 0.1) is 5.82 Å². The van der Waals surface area contributed by atoms with E-state index in [9.17, 15) is 14.3 Å². The molecule has 1 amide bonds. The third-order valence-electron chi connectivity index (χ3n) is 5.76. The maximum atomic E-state index is 14.1. The minimum atomic E-state index is -0.591. The molecule has 1 aromatic carbocycles. The van der Waals surface area contributed by atoms with Gasteiger partial charge >= 0.3 is 0 Å². The Hall–Kier alpha value is -2.78. The van der Waals surface area contributed by atoms with Crippen molar-refractivity contribution in [2.75, 3.05) is 11.9 Å². The Labute approximate surface area is 188 Å². The number of carbonyl (C=O) groups excluding carboxylic acids is 1. The van der Waals surface area contributed by atoms with Crippen LogP contribution in [0.3, 0.4) is 0 Å². The lowest BCUT2D eigenvalue weighted by Gasteiger charge is -2.31. The Morgan fingerprint density at radius 3 is 2.50 bits per heavy atom. The lowest BCUT2D eigenvalue weighted by Crippen LogP contribution is -2.42. The summed E-state index contributed by atoms with van der Waals surface area (Å²) in [6.45, 7) is 7.64. The summed E-state index contributed by atoms with van der Waals surface area (Å²) in [4.78, 5) is 25.2. The number of ether oxygens (including phenoxy) is 1. The van der Waals surface area contributed by atoms with Crippen molar-refractivity contribution in [2.45, 2.75) is 70.8 Å². The van der Waals surface area contributed by atoms with E-state index in [-0.39, 0.29) is 41.4 Å². The van der Waals surface area contributed by atoms with Gasteiger partial charge < -0.3 is 25.4 Å². The van der Waals surface area contributed by atoms with Crippen LogP contribution in [0.2, 0.25) is 0 Å². The van der Waals surface area contributed by atoms with Gasteiger partial charge in [0.25, 0.3) is 5.91 Å². The average Bonchev–Trinajstić information content (AvgIpc) is 3.06. The molecule has 8 nitrogen and oxygen atoms in total. The third-order valence-corrected chi connectivity index (χ3v) is 5.76. The number of benzene rings is 1. The number of aromatic nitrogens is 2. The second-order valence-electron chi connectivity index (χ2n) is 8.83. The van der Waals surface area contributed by atoms with Crippen LogP contribution in [0.15, 0.2) is 30.7 Å². The van der Waals surface area contributed by atoms with Crippen LogP contribution in [0.1, 0.15) is 50.9 Å². The molecule has 1 heterocycles. The molecule has 3 rings (SSSR count). The quantitative estimate of drug-likeness (QED) is 0.675. The second-order valence-corrected chi connectivity index (χ2v) is 8.83. The highest BCUT2D eigenvalue weighted by Crippen LogP contribution is 2.35. The summed E-state index contributed by atoms with van der Waals surface area (Å²) < 4.78 is 20.2. The van der Waals surface area contributed by atoms with E-state index >= 15 is 0 Å².